The van der Waals surface area contributed by atoms with Crippen LogP contribution in [0.25, 0.3) is 0 Å². The van der Waals surface area contributed by atoms with Gasteiger partial charge in [-0.2, -0.15) is 0 Å². The van der Waals surface area contributed by atoms with Crippen LogP contribution < -0.4 is 5.73 Å². The number of anilines is 1. The molecule has 90 valence electrons. The van der Waals surface area contributed by atoms with Crippen LogP contribution in [0.3, 0.4) is 0 Å². The third-order valence-corrected chi connectivity index (χ3v) is 4.12. The Hall–Kier alpha value is -0.720. The van der Waals surface area contributed by atoms with Gasteiger partial charge in [0.15, 0.2) is 9.84 Å². The molecule has 0 spiro atoms. The summed E-state index contributed by atoms with van der Waals surface area (Å²) in [6, 6.07) is 4.79. The van der Waals surface area contributed by atoms with E-state index >= 15 is 0 Å². The maximum absolute atomic E-state index is 11.3. The van der Waals surface area contributed by atoms with Crippen molar-refractivity contribution in [3.63, 3.8) is 0 Å². The number of methoxy groups -OCH3 is 1. The molecule has 0 aliphatic heterocycles. The largest absolute Gasteiger partial charge is 0.398 e. The van der Waals surface area contributed by atoms with E-state index in [0.29, 0.717) is 12.3 Å². The lowest BCUT2D eigenvalue weighted by molar-refractivity contribution is 0.218. The van der Waals surface area contributed by atoms with E-state index in [1.807, 2.05) is 0 Å². The molecule has 0 radical (unpaired) electrons. The number of sulfone groups is 1. The van der Waals surface area contributed by atoms with Gasteiger partial charge in [-0.15, -0.1) is 11.8 Å². The number of nitrogen functional groups attached to an aromatic ring is 1. The molecule has 0 fully saturated rings. The molecule has 0 saturated carbocycles. The Kier molecular flexibility index (Phi) is 4.64. The Morgan fingerprint density at radius 1 is 1.44 bits per heavy atom. The topological polar surface area (TPSA) is 69.4 Å². The fourth-order valence-corrected chi connectivity index (χ4v) is 2.64. The minimum absolute atomic E-state index is 0.251. The predicted molar refractivity (Wildman–Crippen MR) is 66.6 cm³/mol. The summed E-state index contributed by atoms with van der Waals surface area (Å²) in [5.74, 6) is 0.791. The zero-order chi connectivity index (χ0) is 12.2. The Bertz CT molecular complexity index is 457. The van der Waals surface area contributed by atoms with Gasteiger partial charge in [-0.1, -0.05) is 0 Å². The highest BCUT2D eigenvalue weighted by Gasteiger charge is 2.09. The van der Waals surface area contributed by atoms with Crippen LogP contribution in [0.5, 0.6) is 0 Å². The summed E-state index contributed by atoms with van der Waals surface area (Å²) in [4.78, 5) is 1.13. The summed E-state index contributed by atoms with van der Waals surface area (Å²) in [7, 11) is -1.55. The monoisotopic (exact) mass is 261 g/mol. The molecule has 6 heteroatoms. The van der Waals surface area contributed by atoms with Gasteiger partial charge in [0, 0.05) is 29.7 Å². The summed E-state index contributed by atoms with van der Waals surface area (Å²) in [6.07, 6.45) is 1.17. The predicted octanol–water partition coefficient (Wildman–Crippen LogP) is 1.41. The fourth-order valence-electron chi connectivity index (χ4n) is 1.12. The summed E-state index contributed by atoms with van der Waals surface area (Å²) in [5, 5.41) is 0. The van der Waals surface area contributed by atoms with E-state index in [9.17, 15) is 8.42 Å². The van der Waals surface area contributed by atoms with Crippen molar-refractivity contribution in [1.29, 1.82) is 0 Å². The minimum atomic E-state index is -3.18. The molecule has 4 nitrogen and oxygen atoms in total. The summed E-state index contributed by atoms with van der Waals surface area (Å²) >= 11 is 1.55. The highest BCUT2D eigenvalue weighted by molar-refractivity contribution is 7.99. The van der Waals surface area contributed by atoms with Crippen molar-refractivity contribution in [2.75, 3.05) is 31.5 Å². The van der Waals surface area contributed by atoms with E-state index in [0.717, 1.165) is 10.6 Å². The molecule has 0 bridgehead atoms. The van der Waals surface area contributed by atoms with Gasteiger partial charge in [-0.05, 0) is 18.2 Å². The second-order valence-corrected chi connectivity index (χ2v) is 6.47. The number of rotatable bonds is 5. The summed E-state index contributed by atoms with van der Waals surface area (Å²) in [5.41, 5.74) is 6.26. The van der Waals surface area contributed by atoms with E-state index in [2.05, 4.69) is 0 Å². The van der Waals surface area contributed by atoms with Gasteiger partial charge >= 0.3 is 0 Å². The van der Waals surface area contributed by atoms with Crippen molar-refractivity contribution in [1.82, 2.24) is 0 Å². The lowest BCUT2D eigenvalue weighted by Gasteiger charge is -2.06. The normalized spacial score (nSPS) is 11.6. The standard InChI is InChI=1S/C10H15NO3S2/c1-14-5-6-15-10-4-3-8(7-9(10)11)16(2,12)13/h3-4,7H,5-6,11H2,1-2H3. The van der Waals surface area contributed by atoms with Gasteiger partial charge in [0.2, 0.25) is 0 Å². The first-order valence-corrected chi connectivity index (χ1v) is 7.54. The van der Waals surface area contributed by atoms with E-state index < -0.39 is 9.84 Å². The molecule has 1 aromatic rings. The maximum atomic E-state index is 11.3. The second kappa shape index (κ2) is 5.56. The molecule has 16 heavy (non-hydrogen) atoms. The molecular weight excluding hydrogens is 246 g/mol. The smallest absolute Gasteiger partial charge is 0.175 e. The molecule has 0 atom stereocenters. The van der Waals surface area contributed by atoms with Crippen LogP contribution in [0, 0.1) is 0 Å². The van der Waals surface area contributed by atoms with Gasteiger partial charge in [-0.25, -0.2) is 8.42 Å². The van der Waals surface area contributed by atoms with Crippen LogP contribution in [0.1, 0.15) is 0 Å². The van der Waals surface area contributed by atoms with Crippen LogP contribution in [-0.2, 0) is 14.6 Å². The molecule has 0 amide bonds. The Labute approximate surface area is 100 Å². The zero-order valence-corrected chi connectivity index (χ0v) is 10.9. The number of hydrogen-bond donors (Lipinski definition) is 1. The second-order valence-electron chi connectivity index (χ2n) is 3.31. The first kappa shape index (κ1) is 13.3. The van der Waals surface area contributed by atoms with E-state index in [1.165, 1.54) is 12.3 Å². The number of hydrogen-bond acceptors (Lipinski definition) is 5. The van der Waals surface area contributed by atoms with Gasteiger partial charge in [-0.3, -0.25) is 0 Å². The fraction of sp³-hybridized carbons (Fsp3) is 0.400. The van der Waals surface area contributed by atoms with Gasteiger partial charge in [0.05, 0.1) is 11.5 Å². The van der Waals surface area contributed by atoms with Crippen molar-refractivity contribution in [2.24, 2.45) is 0 Å². The lowest BCUT2D eigenvalue weighted by Crippen LogP contribution is -2.00. The first-order valence-electron chi connectivity index (χ1n) is 4.66. The van der Waals surface area contributed by atoms with Crippen molar-refractivity contribution >= 4 is 27.3 Å². The maximum Gasteiger partial charge on any atom is 0.175 e. The number of thioether (sulfide) groups is 1. The Morgan fingerprint density at radius 3 is 2.62 bits per heavy atom. The van der Waals surface area contributed by atoms with Crippen molar-refractivity contribution in [3.8, 4) is 0 Å². The highest BCUT2D eigenvalue weighted by atomic mass is 32.2. The molecule has 2 N–H and O–H groups in total. The third-order valence-electron chi connectivity index (χ3n) is 1.95. The molecule has 1 aromatic carbocycles. The molecule has 0 aromatic heterocycles. The number of benzene rings is 1. The molecule has 0 unspecified atom stereocenters. The average molecular weight is 261 g/mol. The van der Waals surface area contributed by atoms with Gasteiger partial charge in [0.1, 0.15) is 0 Å². The molecular formula is C10H15NO3S2. The quantitative estimate of drug-likeness (QED) is 0.493. The third kappa shape index (κ3) is 3.70. The molecule has 0 aliphatic carbocycles. The Morgan fingerprint density at radius 2 is 2.12 bits per heavy atom. The van der Waals surface area contributed by atoms with Crippen LogP contribution in [-0.4, -0.2) is 34.1 Å². The average Bonchev–Trinajstić information content (AvgIpc) is 2.19. The van der Waals surface area contributed by atoms with Crippen LogP contribution in [0.15, 0.2) is 28.0 Å². The van der Waals surface area contributed by atoms with E-state index in [1.54, 1.807) is 31.0 Å². The Balaban J connectivity index is 2.84. The van der Waals surface area contributed by atoms with E-state index in [4.69, 9.17) is 10.5 Å². The molecule has 1 rings (SSSR count). The van der Waals surface area contributed by atoms with E-state index in [-0.39, 0.29) is 4.90 Å². The zero-order valence-electron chi connectivity index (χ0n) is 9.26. The van der Waals surface area contributed by atoms with Crippen LogP contribution in [0.4, 0.5) is 5.69 Å². The van der Waals surface area contributed by atoms with Crippen LogP contribution >= 0.6 is 11.8 Å². The highest BCUT2D eigenvalue weighted by Crippen LogP contribution is 2.27. The van der Waals surface area contributed by atoms with Crippen LogP contribution in [0.2, 0.25) is 0 Å². The SMILES string of the molecule is COCCSc1ccc(S(C)(=O)=O)cc1N. The number of ether oxygens (including phenoxy) is 1. The molecule has 0 aliphatic rings. The van der Waals surface area contributed by atoms with Crippen molar-refractivity contribution in [3.05, 3.63) is 18.2 Å². The van der Waals surface area contributed by atoms with Gasteiger partial charge < -0.3 is 10.5 Å². The van der Waals surface area contributed by atoms with Gasteiger partial charge in [0.25, 0.3) is 0 Å². The summed E-state index contributed by atoms with van der Waals surface area (Å²) in [6.45, 7) is 0.637. The van der Waals surface area contributed by atoms with Crippen molar-refractivity contribution in [2.45, 2.75) is 9.79 Å². The van der Waals surface area contributed by atoms with Crippen molar-refractivity contribution < 1.29 is 13.2 Å². The molecule has 0 saturated heterocycles. The number of nitrogens with two attached hydrogens (primary N) is 1. The molecule has 0 heterocycles. The summed E-state index contributed by atoms with van der Waals surface area (Å²) < 4.78 is 27.5. The lowest BCUT2D eigenvalue weighted by atomic mass is 10.3. The minimum Gasteiger partial charge on any atom is -0.398 e. The first-order chi connectivity index (χ1) is 7.45.